The van der Waals surface area contributed by atoms with Crippen LogP contribution < -0.4 is 4.74 Å². The van der Waals surface area contributed by atoms with Crippen LogP contribution in [-0.2, 0) is 6.42 Å². The number of rotatable bonds is 5. The Morgan fingerprint density at radius 2 is 1.42 bits per heavy atom. The topological polar surface area (TPSA) is 29.5 Å². The van der Waals surface area contributed by atoms with E-state index in [1.807, 2.05) is 12.1 Å². The van der Waals surface area contributed by atoms with Crippen molar-refractivity contribution >= 4 is 0 Å². The molecule has 0 fully saturated rings. The third-order valence-electron chi connectivity index (χ3n) is 3.01. The van der Waals surface area contributed by atoms with E-state index in [1.54, 1.807) is 24.3 Å². The Labute approximate surface area is 114 Å². The van der Waals surface area contributed by atoms with Gasteiger partial charge in [-0.05, 0) is 60.7 Å². The summed E-state index contributed by atoms with van der Waals surface area (Å²) >= 11 is 0. The average molecular weight is 256 g/mol. The summed E-state index contributed by atoms with van der Waals surface area (Å²) in [6, 6.07) is 14.9. The second-order valence-corrected chi connectivity index (χ2v) is 5.17. The molecule has 0 atom stereocenters. The highest BCUT2D eigenvalue weighted by Gasteiger charge is 2.00. The molecule has 2 aromatic rings. The number of phenolic OH excluding ortho intramolecular Hbond substituents is 1. The van der Waals surface area contributed by atoms with Crippen LogP contribution in [0.2, 0.25) is 0 Å². The van der Waals surface area contributed by atoms with E-state index in [-0.39, 0.29) is 5.75 Å². The van der Waals surface area contributed by atoms with Crippen LogP contribution in [0.3, 0.4) is 0 Å². The highest BCUT2D eigenvalue weighted by Crippen LogP contribution is 2.24. The Bertz CT molecular complexity index is 498. The number of aromatic hydroxyl groups is 1. The zero-order valence-electron chi connectivity index (χ0n) is 11.5. The lowest BCUT2D eigenvalue weighted by atomic mass is 10.0. The summed E-state index contributed by atoms with van der Waals surface area (Å²) in [5, 5.41) is 9.21. The summed E-state index contributed by atoms with van der Waals surface area (Å²) in [7, 11) is 0. The molecule has 19 heavy (non-hydrogen) atoms. The molecule has 2 nitrogen and oxygen atoms in total. The maximum absolute atomic E-state index is 9.21. The van der Waals surface area contributed by atoms with Crippen molar-refractivity contribution in [2.75, 3.05) is 0 Å². The second-order valence-electron chi connectivity index (χ2n) is 5.17. The maximum atomic E-state index is 9.21. The fourth-order valence-corrected chi connectivity index (χ4v) is 1.83. The molecular formula is C17H20O2. The zero-order chi connectivity index (χ0) is 13.7. The Balaban J connectivity index is 1.96. The molecule has 0 bridgehead atoms. The predicted octanol–water partition coefficient (Wildman–Crippen LogP) is 4.77. The van der Waals surface area contributed by atoms with Gasteiger partial charge in [0.1, 0.15) is 17.2 Å². The molecule has 0 unspecified atom stereocenters. The molecule has 2 aromatic carbocycles. The van der Waals surface area contributed by atoms with Gasteiger partial charge in [-0.25, -0.2) is 0 Å². The molecule has 0 heterocycles. The van der Waals surface area contributed by atoms with E-state index >= 15 is 0 Å². The van der Waals surface area contributed by atoms with Crippen LogP contribution in [0.15, 0.2) is 48.5 Å². The number of benzene rings is 2. The lowest BCUT2D eigenvalue weighted by Gasteiger charge is -2.08. The first-order valence-corrected chi connectivity index (χ1v) is 6.69. The van der Waals surface area contributed by atoms with E-state index in [1.165, 1.54) is 12.0 Å². The lowest BCUT2D eigenvalue weighted by molar-refractivity contribution is 0.464. The summed E-state index contributed by atoms with van der Waals surface area (Å²) in [4.78, 5) is 0. The van der Waals surface area contributed by atoms with Crippen molar-refractivity contribution in [3.63, 3.8) is 0 Å². The summed E-state index contributed by atoms with van der Waals surface area (Å²) in [6.45, 7) is 4.48. The molecule has 0 aliphatic rings. The van der Waals surface area contributed by atoms with Gasteiger partial charge in [-0.15, -0.1) is 0 Å². The second kappa shape index (κ2) is 6.28. The van der Waals surface area contributed by atoms with Crippen molar-refractivity contribution in [1.82, 2.24) is 0 Å². The molecule has 0 radical (unpaired) electrons. The van der Waals surface area contributed by atoms with Crippen LogP contribution in [0.1, 0.15) is 25.8 Å². The quantitative estimate of drug-likeness (QED) is 0.834. The lowest BCUT2D eigenvalue weighted by Crippen LogP contribution is -1.92. The first-order chi connectivity index (χ1) is 9.13. The third-order valence-corrected chi connectivity index (χ3v) is 3.01. The molecule has 2 rings (SSSR count). The molecular weight excluding hydrogens is 236 g/mol. The Hall–Kier alpha value is -1.96. The van der Waals surface area contributed by atoms with Crippen LogP contribution in [0.5, 0.6) is 17.2 Å². The van der Waals surface area contributed by atoms with E-state index < -0.39 is 0 Å². The number of hydrogen-bond donors (Lipinski definition) is 1. The SMILES string of the molecule is CC(C)CCc1ccc(Oc2ccc(O)cc2)cc1. The maximum Gasteiger partial charge on any atom is 0.127 e. The molecule has 1 N–H and O–H groups in total. The molecule has 0 amide bonds. The first kappa shape index (κ1) is 13.5. The van der Waals surface area contributed by atoms with Crippen molar-refractivity contribution in [2.45, 2.75) is 26.7 Å². The smallest absolute Gasteiger partial charge is 0.127 e. The third kappa shape index (κ3) is 4.32. The molecule has 0 spiro atoms. The fourth-order valence-electron chi connectivity index (χ4n) is 1.83. The molecule has 100 valence electrons. The van der Waals surface area contributed by atoms with Gasteiger partial charge in [0.15, 0.2) is 0 Å². The number of aryl methyl sites for hydroxylation is 1. The number of hydrogen-bond acceptors (Lipinski definition) is 2. The van der Waals surface area contributed by atoms with Crippen LogP contribution in [-0.4, -0.2) is 5.11 Å². The van der Waals surface area contributed by atoms with Crippen molar-refractivity contribution in [1.29, 1.82) is 0 Å². The largest absolute Gasteiger partial charge is 0.508 e. The van der Waals surface area contributed by atoms with Crippen LogP contribution in [0.25, 0.3) is 0 Å². The van der Waals surface area contributed by atoms with Crippen molar-refractivity contribution in [3.05, 3.63) is 54.1 Å². The minimum atomic E-state index is 0.247. The van der Waals surface area contributed by atoms with Gasteiger partial charge < -0.3 is 9.84 Å². The van der Waals surface area contributed by atoms with Gasteiger partial charge in [-0.3, -0.25) is 0 Å². The van der Waals surface area contributed by atoms with Gasteiger partial charge in [0.2, 0.25) is 0 Å². The van der Waals surface area contributed by atoms with E-state index in [9.17, 15) is 5.11 Å². The average Bonchev–Trinajstić information content (AvgIpc) is 2.40. The van der Waals surface area contributed by atoms with E-state index in [0.29, 0.717) is 0 Å². The van der Waals surface area contributed by atoms with Gasteiger partial charge in [0.25, 0.3) is 0 Å². The fraction of sp³-hybridized carbons (Fsp3) is 0.294. The minimum absolute atomic E-state index is 0.247. The normalized spacial score (nSPS) is 10.7. The van der Waals surface area contributed by atoms with Crippen LogP contribution >= 0.6 is 0 Å². The van der Waals surface area contributed by atoms with Gasteiger partial charge in [-0.1, -0.05) is 26.0 Å². The molecule has 0 aliphatic heterocycles. The molecule has 0 aromatic heterocycles. The summed E-state index contributed by atoms with van der Waals surface area (Å²) in [5.41, 5.74) is 1.34. The predicted molar refractivity (Wildman–Crippen MR) is 77.8 cm³/mol. The van der Waals surface area contributed by atoms with Crippen molar-refractivity contribution in [2.24, 2.45) is 5.92 Å². The van der Waals surface area contributed by atoms with Crippen LogP contribution in [0, 0.1) is 5.92 Å². The molecule has 0 saturated carbocycles. The highest BCUT2D eigenvalue weighted by atomic mass is 16.5. The van der Waals surface area contributed by atoms with Gasteiger partial charge in [0.05, 0.1) is 0 Å². The van der Waals surface area contributed by atoms with Crippen molar-refractivity contribution < 1.29 is 9.84 Å². The monoisotopic (exact) mass is 256 g/mol. The zero-order valence-corrected chi connectivity index (χ0v) is 11.5. The highest BCUT2D eigenvalue weighted by molar-refractivity contribution is 5.35. The van der Waals surface area contributed by atoms with Gasteiger partial charge >= 0.3 is 0 Å². The van der Waals surface area contributed by atoms with Gasteiger partial charge in [-0.2, -0.15) is 0 Å². The van der Waals surface area contributed by atoms with E-state index in [0.717, 1.165) is 23.8 Å². The Kier molecular flexibility index (Phi) is 4.45. The summed E-state index contributed by atoms with van der Waals surface area (Å²) in [5.74, 6) is 2.52. The minimum Gasteiger partial charge on any atom is -0.508 e. The summed E-state index contributed by atoms with van der Waals surface area (Å²) in [6.07, 6.45) is 2.31. The molecule has 0 aliphatic carbocycles. The Morgan fingerprint density at radius 3 is 1.95 bits per heavy atom. The summed E-state index contributed by atoms with van der Waals surface area (Å²) < 4.78 is 5.70. The molecule has 0 saturated heterocycles. The van der Waals surface area contributed by atoms with Crippen molar-refractivity contribution in [3.8, 4) is 17.2 Å². The Morgan fingerprint density at radius 1 is 0.895 bits per heavy atom. The number of phenols is 1. The molecule has 2 heteroatoms. The van der Waals surface area contributed by atoms with Gasteiger partial charge in [0, 0.05) is 0 Å². The first-order valence-electron chi connectivity index (χ1n) is 6.69. The van der Waals surface area contributed by atoms with E-state index in [2.05, 4.69) is 26.0 Å². The van der Waals surface area contributed by atoms with Crippen LogP contribution in [0.4, 0.5) is 0 Å². The standard InChI is InChI=1S/C17H20O2/c1-13(2)3-4-14-5-9-16(10-6-14)19-17-11-7-15(18)8-12-17/h5-13,18H,3-4H2,1-2H3. The van der Waals surface area contributed by atoms with E-state index in [4.69, 9.17) is 4.74 Å². The number of ether oxygens (including phenoxy) is 1.